The molecule has 0 heterocycles. The highest BCUT2D eigenvalue weighted by Gasteiger charge is 2.11. The lowest BCUT2D eigenvalue weighted by atomic mass is 10.3. The first-order chi connectivity index (χ1) is 7.60. The molecule has 16 heavy (non-hydrogen) atoms. The first-order valence-electron chi connectivity index (χ1n) is 4.51. The van der Waals surface area contributed by atoms with Gasteiger partial charge in [-0.25, -0.2) is 13.1 Å². The Morgan fingerprint density at radius 1 is 1.25 bits per heavy atom. The summed E-state index contributed by atoms with van der Waals surface area (Å²) in [5, 5.41) is 2.42. The molecule has 86 valence electrons. The van der Waals surface area contributed by atoms with E-state index in [-0.39, 0.29) is 11.4 Å². The van der Waals surface area contributed by atoms with Crippen LogP contribution in [0.15, 0.2) is 41.8 Å². The Kier molecular flexibility index (Phi) is 4.21. The van der Waals surface area contributed by atoms with E-state index < -0.39 is 10.0 Å². The fourth-order valence-corrected chi connectivity index (χ4v) is 2.05. The number of sulfonamides is 1. The van der Waals surface area contributed by atoms with Gasteiger partial charge in [0.15, 0.2) is 0 Å². The van der Waals surface area contributed by atoms with Crippen LogP contribution >= 0.6 is 0 Å². The predicted octanol–water partition coefficient (Wildman–Crippen LogP) is 0.719. The lowest BCUT2D eigenvalue weighted by Crippen LogP contribution is -2.23. The molecule has 0 spiro atoms. The maximum Gasteiger partial charge on any atom is 0.240 e. The lowest BCUT2D eigenvalue weighted by Gasteiger charge is -2.05. The summed E-state index contributed by atoms with van der Waals surface area (Å²) in [4.78, 5) is 10.3. The molecule has 0 saturated heterocycles. The van der Waals surface area contributed by atoms with Gasteiger partial charge in [-0.2, -0.15) is 0 Å². The highest BCUT2D eigenvalue weighted by Crippen LogP contribution is 2.13. The number of amides is 1. The Hall–Kier alpha value is -1.66. The third-order valence-corrected chi connectivity index (χ3v) is 3.25. The summed E-state index contributed by atoms with van der Waals surface area (Å²) >= 11 is 0. The molecule has 6 heteroatoms. The Morgan fingerprint density at radius 2 is 1.88 bits per heavy atom. The zero-order chi connectivity index (χ0) is 12.0. The summed E-state index contributed by atoms with van der Waals surface area (Å²) in [6.07, 6.45) is 1.99. The fraction of sp³-hybridized carbons (Fsp3) is 0.100. The number of benzene rings is 1. The molecule has 0 fully saturated rings. The zero-order valence-corrected chi connectivity index (χ0v) is 9.33. The molecule has 0 saturated carbocycles. The van der Waals surface area contributed by atoms with Crippen LogP contribution in [0.1, 0.15) is 0 Å². The quantitative estimate of drug-likeness (QED) is 0.568. The van der Waals surface area contributed by atoms with Crippen molar-refractivity contribution < 1.29 is 13.2 Å². The molecule has 0 bridgehead atoms. The second kappa shape index (κ2) is 5.43. The van der Waals surface area contributed by atoms with Gasteiger partial charge >= 0.3 is 0 Å². The highest BCUT2D eigenvalue weighted by atomic mass is 32.2. The normalized spacial score (nSPS) is 10.8. The predicted molar refractivity (Wildman–Crippen MR) is 61.5 cm³/mol. The van der Waals surface area contributed by atoms with Crippen LogP contribution in [-0.4, -0.2) is 21.4 Å². The van der Waals surface area contributed by atoms with E-state index >= 15 is 0 Å². The lowest BCUT2D eigenvalue weighted by molar-refractivity contribution is -0.105. The van der Waals surface area contributed by atoms with E-state index in [0.717, 1.165) is 0 Å². The summed E-state index contributed by atoms with van der Waals surface area (Å²) in [6, 6.07) is 5.85. The largest absolute Gasteiger partial charge is 0.329 e. The second-order valence-electron chi connectivity index (χ2n) is 2.93. The third-order valence-electron chi connectivity index (χ3n) is 1.81. The van der Waals surface area contributed by atoms with Gasteiger partial charge < -0.3 is 5.32 Å². The molecule has 1 rings (SSSR count). The number of nitrogens with one attached hydrogen (secondary N) is 2. The summed E-state index contributed by atoms with van der Waals surface area (Å²) in [5.74, 6) is 0. The van der Waals surface area contributed by atoms with Crippen LogP contribution < -0.4 is 10.0 Å². The average Bonchev–Trinajstić information content (AvgIpc) is 2.28. The van der Waals surface area contributed by atoms with Crippen LogP contribution in [0.5, 0.6) is 0 Å². The minimum Gasteiger partial charge on any atom is -0.329 e. The molecule has 0 aliphatic carbocycles. The summed E-state index contributed by atoms with van der Waals surface area (Å²) in [5.41, 5.74) is 0.540. The summed E-state index contributed by atoms with van der Waals surface area (Å²) in [6.45, 7) is 3.60. The topological polar surface area (TPSA) is 75.3 Å². The van der Waals surface area contributed by atoms with Gasteiger partial charge in [0, 0.05) is 12.2 Å². The second-order valence-corrected chi connectivity index (χ2v) is 4.69. The van der Waals surface area contributed by atoms with Crippen LogP contribution in [0.4, 0.5) is 5.69 Å². The minimum atomic E-state index is -3.49. The standard InChI is InChI=1S/C10H12N2O3S/c1-2-7-12-16(14,15)10-5-3-9(4-6-10)11-8-13/h2-6,8,12H,1,7H2,(H,11,13). The Balaban J connectivity index is 2.88. The molecular formula is C10H12N2O3S. The number of carbonyl (C=O) groups is 1. The number of hydrogen-bond acceptors (Lipinski definition) is 3. The smallest absolute Gasteiger partial charge is 0.240 e. The number of hydrogen-bond donors (Lipinski definition) is 2. The molecule has 0 unspecified atom stereocenters. The van der Waals surface area contributed by atoms with Crippen molar-refractivity contribution in [2.45, 2.75) is 4.90 Å². The van der Waals surface area contributed by atoms with Gasteiger partial charge in [-0.3, -0.25) is 4.79 Å². The van der Waals surface area contributed by atoms with Crippen molar-refractivity contribution in [3.63, 3.8) is 0 Å². The van der Waals surface area contributed by atoms with E-state index in [0.29, 0.717) is 12.1 Å². The van der Waals surface area contributed by atoms with Crippen LogP contribution in [-0.2, 0) is 14.8 Å². The van der Waals surface area contributed by atoms with Crippen molar-refractivity contribution in [3.8, 4) is 0 Å². The SMILES string of the molecule is C=CCNS(=O)(=O)c1ccc(NC=O)cc1. The molecule has 2 N–H and O–H groups in total. The van der Waals surface area contributed by atoms with Crippen molar-refractivity contribution in [1.82, 2.24) is 4.72 Å². The van der Waals surface area contributed by atoms with Crippen LogP contribution in [0.2, 0.25) is 0 Å². The molecule has 1 aromatic rings. The van der Waals surface area contributed by atoms with E-state index in [1.54, 1.807) is 0 Å². The monoisotopic (exact) mass is 240 g/mol. The van der Waals surface area contributed by atoms with Crippen LogP contribution in [0.3, 0.4) is 0 Å². The number of anilines is 1. The van der Waals surface area contributed by atoms with Crippen molar-refractivity contribution in [3.05, 3.63) is 36.9 Å². The van der Waals surface area contributed by atoms with E-state index in [9.17, 15) is 13.2 Å². The van der Waals surface area contributed by atoms with Gasteiger partial charge in [-0.1, -0.05) is 6.08 Å². The molecule has 0 aliphatic rings. The van der Waals surface area contributed by atoms with Crippen molar-refractivity contribution >= 4 is 22.1 Å². The van der Waals surface area contributed by atoms with Gasteiger partial charge in [0.05, 0.1) is 4.90 Å². The summed E-state index contributed by atoms with van der Waals surface area (Å²) in [7, 11) is -3.49. The molecule has 0 aliphatic heterocycles. The highest BCUT2D eigenvalue weighted by molar-refractivity contribution is 7.89. The van der Waals surface area contributed by atoms with E-state index in [2.05, 4.69) is 16.6 Å². The molecule has 0 atom stereocenters. The molecule has 5 nitrogen and oxygen atoms in total. The van der Waals surface area contributed by atoms with Crippen molar-refractivity contribution in [2.75, 3.05) is 11.9 Å². The van der Waals surface area contributed by atoms with E-state index in [1.807, 2.05) is 0 Å². The Morgan fingerprint density at radius 3 is 2.38 bits per heavy atom. The van der Waals surface area contributed by atoms with Gasteiger partial charge in [-0.15, -0.1) is 6.58 Å². The van der Waals surface area contributed by atoms with E-state index in [1.165, 1.54) is 30.3 Å². The number of rotatable bonds is 6. The van der Waals surface area contributed by atoms with E-state index in [4.69, 9.17) is 0 Å². The van der Waals surface area contributed by atoms with Gasteiger partial charge in [0.1, 0.15) is 0 Å². The Bertz CT molecular complexity index is 465. The first kappa shape index (κ1) is 12.4. The molecule has 1 amide bonds. The van der Waals surface area contributed by atoms with Crippen LogP contribution in [0.25, 0.3) is 0 Å². The molecule has 0 radical (unpaired) electrons. The Labute approximate surface area is 94.2 Å². The third kappa shape index (κ3) is 3.18. The maximum absolute atomic E-state index is 11.6. The molecule has 1 aromatic carbocycles. The van der Waals surface area contributed by atoms with Gasteiger partial charge in [0.2, 0.25) is 16.4 Å². The number of carbonyl (C=O) groups excluding carboxylic acids is 1. The van der Waals surface area contributed by atoms with Crippen LogP contribution in [0, 0.1) is 0 Å². The first-order valence-corrected chi connectivity index (χ1v) is 5.99. The average molecular weight is 240 g/mol. The zero-order valence-electron chi connectivity index (χ0n) is 8.51. The van der Waals surface area contributed by atoms with Gasteiger partial charge in [0.25, 0.3) is 0 Å². The molecular weight excluding hydrogens is 228 g/mol. The molecule has 0 aromatic heterocycles. The van der Waals surface area contributed by atoms with Gasteiger partial charge in [-0.05, 0) is 24.3 Å². The van der Waals surface area contributed by atoms with Crippen molar-refractivity contribution in [1.29, 1.82) is 0 Å². The maximum atomic E-state index is 11.6. The fourth-order valence-electron chi connectivity index (χ4n) is 1.05. The minimum absolute atomic E-state index is 0.144. The summed E-state index contributed by atoms with van der Waals surface area (Å²) < 4.78 is 25.6. The van der Waals surface area contributed by atoms with Crippen molar-refractivity contribution in [2.24, 2.45) is 0 Å².